The number of imidazole rings is 1. The van der Waals surface area contributed by atoms with Crippen LogP contribution in [0.1, 0.15) is 11.3 Å². The Morgan fingerprint density at radius 2 is 1.62 bits per heavy atom. The van der Waals surface area contributed by atoms with Gasteiger partial charge < -0.3 is 4.57 Å². The molecular weight excluding hydrogens is 386 g/mol. The third-order valence-corrected chi connectivity index (χ3v) is 6.56. The first kappa shape index (κ1) is 19.2. The number of aromatic nitrogens is 4. The van der Waals surface area contributed by atoms with E-state index >= 15 is 0 Å². The van der Waals surface area contributed by atoms with E-state index in [2.05, 4.69) is 9.97 Å². The first-order valence-corrected chi connectivity index (χ1v) is 10.6. The molecule has 0 radical (unpaired) electrons. The summed E-state index contributed by atoms with van der Waals surface area (Å²) in [4.78, 5) is 14.2. The molecule has 2 aromatic carbocycles. The quantitative estimate of drug-likeness (QED) is 0.508. The Labute approximate surface area is 169 Å². The highest BCUT2D eigenvalue weighted by molar-refractivity contribution is 7.89. The van der Waals surface area contributed by atoms with Gasteiger partial charge in [-0.1, -0.05) is 24.3 Å². The second-order valence-electron chi connectivity index (χ2n) is 6.96. The summed E-state index contributed by atoms with van der Waals surface area (Å²) in [7, 11) is -0.394. The van der Waals surface area contributed by atoms with Gasteiger partial charge in [0.25, 0.3) is 0 Å². The lowest BCUT2D eigenvalue weighted by Gasteiger charge is -2.13. The molecule has 0 spiro atoms. The summed E-state index contributed by atoms with van der Waals surface area (Å²) in [6.45, 7) is 2.47. The summed E-state index contributed by atoms with van der Waals surface area (Å²) in [5.41, 5.74) is 4.18. The average Bonchev–Trinajstić information content (AvgIpc) is 3.15. The second-order valence-corrected chi connectivity index (χ2v) is 9.11. The largest absolute Gasteiger partial charge is 0.325 e. The van der Waals surface area contributed by atoms with Crippen LogP contribution in [0.25, 0.3) is 22.6 Å². The Kier molecular flexibility index (Phi) is 4.89. The summed E-state index contributed by atoms with van der Waals surface area (Å²) in [5.74, 6) is 0.728. The fourth-order valence-corrected chi connectivity index (χ4v) is 4.03. The lowest BCUT2D eigenvalue weighted by Crippen LogP contribution is -2.22. The van der Waals surface area contributed by atoms with Gasteiger partial charge in [0, 0.05) is 33.0 Å². The van der Waals surface area contributed by atoms with Crippen molar-refractivity contribution >= 4 is 21.1 Å². The van der Waals surface area contributed by atoms with E-state index in [0.29, 0.717) is 6.54 Å². The van der Waals surface area contributed by atoms with Gasteiger partial charge in [0.15, 0.2) is 5.82 Å². The molecule has 4 rings (SSSR count). The SMILES string of the molecule is Cc1nc2ccccc2nc1-c1nccn1Cc1ccc(S(=O)(=O)N(C)C)cc1. The van der Waals surface area contributed by atoms with Gasteiger partial charge in [-0.25, -0.2) is 27.7 Å². The Balaban J connectivity index is 1.67. The molecule has 0 aliphatic heterocycles. The molecule has 0 saturated carbocycles. The molecule has 0 fully saturated rings. The zero-order chi connectivity index (χ0) is 20.6. The molecule has 0 aliphatic rings. The third kappa shape index (κ3) is 3.64. The Morgan fingerprint density at radius 1 is 0.966 bits per heavy atom. The molecular formula is C21H21N5O2S. The van der Waals surface area contributed by atoms with Crippen molar-refractivity contribution in [3.05, 3.63) is 72.2 Å². The summed E-state index contributed by atoms with van der Waals surface area (Å²) < 4.78 is 27.7. The minimum Gasteiger partial charge on any atom is -0.325 e. The number of nitrogens with zero attached hydrogens (tertiary/aromatic N) is 5. The minimum absolute atomic E-state index is 0.272. The summed E-state index contributed by atoms with van der Waals surface area (Å²) in [5, 5.41) is 0. The Morgan fingerprint density at radius 3 is 2.28 bits per heavy atom. The fourth-order valence-electron chi connectivity index (χ4n) is 3.13. The van der Waals surface area contributed by atoms with Crippen molar-refractivity contribution in [1.29, 1.82) is 0 Å². The number of hydrogen-bond donors (Lipinski definition) is 0. The van der Waals surface area contributed by atoms with Crippen molar-refractivity contribution in [2.75, 3.05) is 14.1 Å². The molecule has 0 saturated heterocycles. The highest BCUT2D eigenvalue weighted by Crippen LogP contribution is 2.23. The molecule has 29 heavy (non-hydrogen) atoms. The molecule has 8 heteroatoms. The van der Waals surface area contributed by atoms with E-state index in [0.717, 1.165) is 33.8 Å². The monoisotopic (exact) mass is 407 g/mol. The Bertz CT molecular complexity index is 1280. The fraction of sp³-hybridized carbons (Fsp3) is 0.190. The smallest absolute Gasteiger partial charge is 0.242 e. The van der Waals surface area contributed by atoms with Crippen LogP contribution < -0.4 is 0 Å². The van der Waals surface area contributed by atoms with Gasteiger partial charge in [-0.2, -0.15) is 0 Å². The van der Waals surface area contributed by atoms with Crippen LogP contribution in [0.4, 0.5) is 0 Å². The van der Waals surface area contributed by atoms with Crippen molar-refractivity contribution in [2.24, 2.45) is 0 Å². The normalized spacial score (nSPS) is 12.0. The van der Waals surface area contributed by atoms with E-state index in [4.69, 9.17) is 4.98 Å². The van der Waals surface area contributed by atoms with Crippen molar-refractivity contribution in [2.45, 2.75) is 18.4 Å². The Hall–Kier alpha value is -3.10. The lowest BCUT2D eigenvalue weighted by molar-refractivity contribution is 0.520. The molecule has 0 aliphatic carbocycles. The molecule has 7 nitrogen and oxygen atoms in total. The predicted octanol–water partition coefficient (Wildman–Crippen LogP) is 3.10. The van der Waals surface area contributed by atoms with Gasteiger partial charge >= 0.3 is 0 Å². The maximum absolute atomic E-state index is 12.2. The number of rotatable bonds is 5. The van der Waals surface area contributed by atoms with Crippen molar-refractivity contribution < 1.29 is 8.42 Å². The maximum atomic E-state index is 12.2. The van der Waals surface area contributed by atoms with Crippen LogP contribution in [-0.4, -0.2) is 46.3 Å². The number of para-hydroxylation sites is 2. The predicted molar refractivity (Wildman–Crippen MR) is 112 cm³/mol. The van der Waals surface area contributed by atoms with Crippen LogP contribution >= 0.6 is 0 Å². The first-order valence-electron chi connectivity index (χ1n) is 9.12. The minimum atomic E-state index is -3.44. The van der Waals surface area contributed by atoms with E-state index in [-0.39, 0.29) is 4.90 Å². The first-order chi connectivity index (χ1) is 13.9. The molecule has 148 valence electrons. The zero-order valence-electron chi connectivity index (χ0n) is 16.4. The van der Waals surface area contributed by atoms with Crippen LogP contribution in [0.2, 0.25) is 0 Å². The van der Waals surface area contributed by atoms with Crippen LogP contribution in [0.3, 0.4) is 0 Å². The van der Waals surface area contributed by atoms with Crippen molar-refractivity contribution in [1.82, 2.24) is 23.8 Å². The van der Waals surface area contributed by atoms with Crippen LogP contribution in [0, 0.1) is 6.92 Å². The topological polar surface area (TPSA) is 81.0 Å². The number of sulfonamides is 1. The molecule has 0 N–H and O–H groups in total. The van der Waals surface area contributed by atoms with Crippen molar-refractivity contribution in [3.8, 4) is 11.5 Å². The summed E-state index contributed by atoms with van der Waals surface area (Å²) >= 11 is 0. The van der Waals surface area contributed by atoms with Gasteiger partial charge in [0.2, 0.25) is 10.0 Å². The number of benzene rings is 2. The van der Waals surface area contributed by atoms with Gasteiger partial charge in [0.1, 0.15) is 5.69 Å². The molecule has 4 aromatic rings. The zero-order valence-corrected chi connectivity index (χ0v) is 17.3. The van der Waals surface area contributed by atoms with Gasteiger partial charge in [-0.05, 0) is 36.8 Å². The van der Waals surface area contributed by atoms with Crippen LogP contribution in [0.5, 0.6) is 0 Å². The highest BCUT2D eigenvalue weighted by Gasteiger charge is 2.17. The number of hydrogen-bond acceptors (Lipinski definition) is 5. The third-order valence-electron chi connectivity index (χ3n) is 4.73. The van der Waals surface area contributed by atoms with Gasteiger partial charge in [-0.3, -0.25) is 0 Å². The maximum Gasteiger partial charge on any atom is 0.242 e. The van der Waals surface area contributed by atoms with Crippen LogP contribution in [-0.2, 0) is 16.6 Å². The average molecular weight is 407 g/mol. The van der Waals surface area contributed by atoms with E-state index in [9.17, 15) is 8.42 Å². The highest BCUT2D eigenvalue weighted by atomic mass is 32.2. The number of aryl methyl sites for hydroxylation is 1. The number of fused-ring (bicyclic) bond motifs is 1. The molecule has 2 heterocycles. The summed E-state index contributed by atoms with van der Waals surface area (Å²) in [6.07, 6.45) is 3.62. The second kappa shape index (κ2) is 7.38. The summed E-state index contributed by atoms with van der Waals surface area (Å²) in [6, 6.07) is 14.6. The van der Waals surface area contributed by atoms with E-state index in [1.165, 1.54) is 18.4 Å². The molecule has 2 aromatic heterocycles. The molecule has 0 bridgehead atoms. The van der Waals surface area contributed by atoms with Crippen LogP contribution in [0.15, 0.2) is 65.8 Å². The van der Waals surface area contributed by atoms with Gasteiger partial charge in [-0.15, -0.1) is 0 Å². The lowest BCUT2D eigenvalue weighted by atomic mass is 10.2. The molecule has 0 amide bonds. The van der Waals surface area contributed by atoms with Crippen molar-refractivity contribution in [3.63, 3.8) is 0 Å². The standard InChI is InChI=1S/C21H21N5O2S/c1-15-20(24-19-7-5-4-6-18(19)23-15)21-22-12-13-26(21)14-16-8-10-17(11-9-16)29(27,28)25(2)3/h4-13H,14H2,1-3H3. The van der Waals surface area contributed by atoms with E-state index in [1.54, 1.807) is 18.3 Å². The van der Waals surface area contributed by atoms with Gasteiger partial charge in [0.05, 0.1) is 21.6 Å². The molecule has 0 atom stereocenters. The van der Waals surface area contributed by atoms with E-state index in [1.807, 2.05) is 54.1 Å². The molecule has 0 unspecified atom stereocenters. The van der Waals surface area contributed by atoms with E-state index < -0.39 is 10.0 Å².